The Morgan fingerprint density at radius 2 is 2.17 bits per heavy atom. The molecule has 1 aromatic carbocycles. The number of rotatable bonds is 4. The zero-order valence-corrected chi connectivity index (χ0v) is 10.2. The summed E-state index contributed by atoms with van der Waals surface area (Å²) < 4.78 is 0. The SMILES string of the molecule is CC(c1ccccc1)N1CC(CC(=O)O)NC1=O. The number of carbonyl (C=O) groups excluding carboxylic acids is 1. The van der Waals surface area contributed by atoms with Crippen LogP contribution in [-0.4, -0.2) is 34.6 Å². The molecule has 2 rings (SSSR count). The fourth-order valence-electron chi connectivity index (χ4n) is 2.20. The van der Waals surface area contributed by atoms with E-state index in [1.807, 2.05) is 37.3 Å². The number of carbonyl (C=O) groups is 2. The second kappa shape index (κ2) is 5.08. The van der Waals surface area contributed by atoms with Crippen molar-refractivity contribution < 1.29 is 14.7 Å². The number of nitrogens with one attached hydrogen (secondary N) is 1. The van der Waals surface area contributed by atoms with Crippen LogP contribution >= 0.6 is 0 Å². The number of hydrogen-bond acceptors (Lipinski definition) is 2. The van der Waals surface area contributed by atoms with Gasteiger partial charge in [-0.05, 0) is 12.5 Å². The van der Waals surface area contributed by atoms with Gasteiger partial charge < -0.3 is 15.3 Å². The third-order valence-corrected chi connectivity index (χ3v) is 3.18. The Bertz CT molecular complexity index is 447. The minimum atomic E-state index is -0.894. The van der Waals surface area contributed by atoms with E-state index in [1.165, 1.54) is 0 Å². The van der Waals surface area contributed by atoms with Crippen molar-refractivity contribution in [3.05, 3.63) is 35.9 Å². The van der Waals surface area contributed by atoms with Gasteiger partial charge in [0, 0.05) is 6.54 Å². The Kier molecular flexibility index (Phi) is 3.50. The van der Waals surface area contributed by atoms with Gasteiger partial charge in [0.2, 0.25) is 0 Å². The van der Waals surface area contributed by atoms with Gasteiger partial charge in [-0.3, -0.25) is 4.79 Å². The highest BCUT2D eigenvalue weighted by Gasteiger charge is 2.33. The number of amides is 2. The number of hydrogen-bond donors (Lipinski definition) is 2. The molecule has 18 heavy (non-hydrogen) atoms. The van der Waals surface area contributed by atoms with Crippen LogP contribution in [0.15, 0.2) is 30.3 Å². The lowest BCUT2D eigenvalue weighted by atomic mass is 10.1. The summed E-state index contributed by atoms with van der Waals surface area (Å²) in [7, 11) is 0. The van der Waals surface area contributed by atoms with E-state index in [0.717, 1.165) is 5.56 Å². The molecule has 1 fully saturated rings. The van der Waals surface area contributed by atoms with Crippen LogP contribution in [0.2, 0.25) is 0 Å². The molecule has 0 bridgehead atoms. The molecule has 0 aliphatic carbocycles. The van der Waals surface area contributed by atoms with Crippen molar-refractivity contribution in [2.75, 3.05) is 6.54 Å². The Morgan fingerprint density at radius 3 is 2.78 bits per heavy atom. The highest BCUT2D eigenvalue weighted by molar-refractivity contribution is 5.79. The molecule has 5 nitrogen and oxygen atoms in total. The van der Waals surface area contributed by atoms with Gasteiger partial charge in [-0.2, -0.15) is 0 Å². The standard InChI is InChI=1S/C13H16N2O3/c1-9(10-5-3-2-4-6-10)15-8-11(7-12(16)17)14-13(15)18/h2-6,9,11H,7-8H2,1H3,(H,14,18)(H,16,17). The second-order valence-electron chi connectivity index (χ2n) is 4.48. The summed E-state index contributed by atoms with van der Waals surface area (Å²) in [6, 6.07) is 9.14. The van der Waals surface area contributed by atoms with Gasteiger partial charge in [-0.15, -0.1) is 0 Å². The lowest BCUT2D eigenvalue weighted by Gasteiger charge is -2.23. The number of urea groups is 1. The first-order chi connectivity index (χ1) is 8.58. The van der Waals surface area contributed by atoms with Crippen LogP contribution < -0.4 is 5.32 Å². The van der Waals surface area contributed by atoms with Crippen molar-refractivity contribution in [2.24, 2.45) is 0 Å². The van der Waals surface area contributed by atoms with Gasteiger partial charge in [0.1, 0.15) is 0 Å². The Hall–Kier alpha value is -2.04. The summed E-state index contributed by atoms with van der Waals surface area (Å²) in [4.78, 5) is 24.1. The normalized spacial score (nSPS) is 20.6. The van der Waals surface area contributed by atoms with Crippen LogP contribution in [0.1, 0.15) is 24.9 Å². The second-order valence-corrected chi connectivity index (χ2v) is 4.48. The van der Waals surface area contributed by atoms with Crippen molar-refractivity contribution in [3.8, 4) is 0 Å². The molecular formula is C13H16N2O3. The number of carboxylic acids is 1. The molecule has 0 aromatic heterocycles. The van der Waals surface area contributed by atoms with Crippen LogP contribution in [0, 0.1) is 0 Å². The molecular weight excluding hydrogens is 232 g/mol. The average Bonchev–Trinajstić information content (AvgIpc) is 2.69. The monoisotopic (exact) mass is 248 g/mol. The summed E-state index contributed by atoms with van der Waals surface area (Å²) in [6.07, 6.45) is -0.0379. The minimum Gasteiger partial charge on any atom is -0.481 e. The van der Waals surface area contributed by atoms with Crippen molar-refractivity contribution in [2.45, 2.75) is 25.4 Å². The smallest absolute Gasteiger partial charge is 0.318 e. The summed E-state index contributed by atoms with van der Waals surface area (Å²) in [5, 5.41) is 11.4. The molecule has 1 aromatic rings. The number of aliphatic carboxylic acids is 1. The fourth-order valence-corrected chi connectivity index (χ4v) is 2.20. The van der Waals surface area contributed by atoms with Crippen LogP contribution in [0.4, 0.5) is 4.79 Å². The zero-order valence-electron chi connectivity index (χ0n) is 10.2. The molecule has 1 saturated heterocycles. The first-order valence-corrected chi connectivity index (χ1v) is 5.92. The summed E-state index contributed by atoms with van der Waals surface area (Å²) >= 11 is 0. The van der Waals surface area contributed by atoms with Gasteiger partial charge >= 0.3 is 12.0 Å². The van der Waals surface area contributed by atoms with E-state index in [2.05, 4.69) is 5.32 Å². The van der Waals surface area contributed by atoms with Gasteiger partial charge in [0.05, 0.1) is 18.5 Å². The highest BCUT2D eigenvalue weighted by Crippen LogP contribution is 2.23. The van der Waals surface area contributed by atoms with E-state index in [4.69, 9.17) is 5.11 Å². The highest BCUT2D eigenvalue weighted by atomic mass is 16.4. The lowest BCUT2D eigenvalue weighted by molar-refractivity contribution is -0.137. The van der Waals surface area contributed by atoms with E-state index < -0.39 is 5.97 Å². The Morgan fingerprint density at radius 1 is 1.50 bits per heavy atom. The molecule has 5 heteroatoms. The van der Waals surface area contributed by atoms with Crippen molar-refractivity contribution >= 4 is 12.0 Å². The number of nitrogens with zero attached hydrogens (tertiary/aromatic N) is 1. The average molecular weight is 248 g/mol. The first-order valence-electron chi connectivity index (χ1n) is 5.92. The maximum absolute atomic E-state index is 11.8. The molecule has 0 saturated carbocycles. The summed E-state index contributed by atoms with van der Waals surface area (Å²) in [5.74, 6) is -0.894. The molecule has 2 atom stereocenters. The fraction of sp³-hybridized carbons (Fsp3) is 0.385. The van der Waals surface area contributed by atoms with E-state index in [0.29, 0.717) is 6.54 Å². The number of benzene rings is 1. The van der Waals surface area contributed by atoms with E-state index in [9.17, 15) is 9.59 Å². The van der Waals surface area contributed by atoms with Gasteiger partial charge in [0.15, 0.2) is 0 Å². The summed E-state index contributed by atoms with van der Waals surface area (Å²) in [5.41, 5.74) is 1.05. The zero-order chi connectivity index (χ0) is 13.1. The van der Waals surface area contributed by atoms with Crippen LogP contribution in [0.25, 0.3) is 0 Å². The Balaban J connectivity index is 2.06. The number of carboxylic acid groups (broad SMARTS) is 1. The van der Waals surface area contributed by atoms with Crippen LogP contribution in [0.3, 0.4) is 0 Å². The van der Waals surface area contributed by atoms with Crippen molar-refractivity contribution in [1.29, 1.82) is 0 Å². The van der Waals surface area contributed by atoms with Gasteiger partial charge in [-0.1, -0.05) is 30.3 Å². The molecule has 0 spiro atoms. The van der Waals surface area contributed by atoms with Gasteiger partial charge in [-0.25, -0.2) is 4.79 Å². The van der Waals surface area contributed by atoms with E-state index in [-0.39, 0.29) is 24.5 Å². The molecule has 2 amide bonds. The molecule has 0 radical (unpaired) electrons. The van der Waals surface area contributed by atoms with Crippen molar-refractivity contribution in [1.82, 2.24) is 10.2 Å². The quantitative estimate of drug-likeness (QED) is 0.850. The first kappa shape index (κ1) is 12.4. The predicted octanol–water partition coefficient (Wildman–Crippen LogP) is 1.62. The molecule has 2 unspecified atom stereocenters. The topological polar surface area (TPSA) is 69.6 Å². The van der Waals surface area contributed by atoms with Crippen LogP contribution in [0.5, 0.6) is 0 Å². The van der Waals surface area contributed by atoms with E-state index in [1.54, 1.807) is 4.90 Å². The minimum absolute atomic E-state index is 0.0379. The third kappa shape index (κ3) is 2.61. The predicted molar refractivity (Wildman–Crippen MR) is 66.1 cm³/mol. The third-order valence-electron chi connectivity index (χ3n) is 3.18. The molecule has 1 heterocycles. The van der Waals surface area contributed by atoms with Crippen LogP contribution in [-0.2, 0) is 4.79 Å². The molecule has 1 aliphatic heterocycles. The van der Waals surface area contributed by atoms with Crippen molar-refractivity contribution in [3.63, 3.8) is 0 Å². The lowest BCUT2D eigenvalue weighted by Crippen LogP contribution is -2.31. The maximum atomic E-state index is 11.8. The Labute approximate surface area is 105 Å². The largest absolute Gasteiger partial charge is 0.481 e. The maximum Gasteiger partial charge on any atom is 0.318 e. The molecule has 96 valence electrons. The van der Waals surface area contributed by atoms with E-state index >= 15 is 0 Å². The summed E-state index contributed by atoms with van der Waals surface area (Å²) in [6.45, 7) is 2.37. The molecule has 1 aliphatic rings. The van der Waals surface area contributed by atoms with Gasteiger partial charge in [0.25, 0.3) is 0 Å². The molecule has 2 N–H and O–H groups in total.